The minimum Gasteiger partial charge on any atom is -0.311 e. The molecule has 0 unspecified atom stereocenters. The molecule has 288 valence electrons. The molecule has 0 fully saturated rings. The van der Waals surface area contributed by atoms with Crippen LogP contribution in [0.4, 0.5) is 34.1 Å². The second kappa shape index (κ2) is 15.5. The van der Waals surface area contributed by atoms with Crippen LogP contribution < -0.4 is 30.5 Å². The van der Waals surface area contributed by atoms with Crippen molar-refractivity contribution in [2.75, 3.05) is 9.80 Å². The fourth-order valence-corrected chi connectivity index (χ4v) is 14.6. The summed E-state index contributed by atoms with van der Waals surface area (Å²) in [5.74, 6) is 0. The Morgan fingerprint density at radius 2 is 0.754 bits per heavy atom. The van der Waals surface area contributed by atoms with Crippen molar-refractivity contribution in [2.45, 2.75) is 0 Å². The molecule has 1 aliphatic heterocycles. The molecule has 0 aliphatic carbocycles. The Morgan fingerprint density at radius 3 is 1.39 bits per heavy atom. The van der Waals surface area contributed by atoms with Gasteiger partial charge in [-0.3, -0.25) is 0 Å². The molecule has 61 heavy (non-hydrogen) atoms. The molecule has 0 saturated heterocycles. The largest absolute Gasteiger partial charge is 0.311 e. The first-order valence-corrected chi connectivity index (χ1v) is 23.0. The summed E-state index contributed by atoms with van der Waals surface area (Å²) >= 11 is 0. The van der Waals surface area contributed by atoms with Crippen LogP contribution in [0.2, 0.25) is 0 Å². The zero-order valence-corrected chi connectivity index (χ0v) is 34.6. The number of nitrogens with zero attached hydrogens (tertiary/aromatic N) is 2. The highest BCUT2D eigenvalue weighted by Gasteiger charge is 2.49. The van der Waals surface area contributed by atoms with E-state index in [0.29, 0.717) is 0 Å². The van der Waals surface area contributed by atoms with Crippen LogP contribution in [0.3, 0.4) is 0 Å². The number of anilines is 6. The summed E-state index contributed by atoms with van der Waals surface area (Å²) in [5, 5.41) is 7.98. The van der Waals surface area contributed by atoms with Gasteiger partial charge in [0.2, 0.25) is 0 Å². The average Bonchev–Trinajstić information content (AvgIpc) is 3.34. The van der Waals surface area contributed by atoms with Crippen molar-refractivity contribution in [2.24, 2.45) is 0 Å². The van der Waals surface area contributed by atoms with Gasteiger partial charge in [-0.15, -0.1) is 0 Å². The van der Waals surface area contributed by atoms with Crippen LogP contribution in [0.15, 0.2) is 255 Å². The number of hydrogen-bond acceptors (Lipinski definition) is 2. The molecule has 2 nitrogen and oxygen atoms in total. The standard InChI is InChI=1S/C58H42N2Si/c1-5-17-43(18-6-1)45-31-35-50(36-32-45)59(51-37-33-46(34-38-51)48-30-29-44-19-13-14-20-47(44)41-48)52-39-40-58-56(42-52)60(49-21-7-2-8-22-49)55-27-15-16-28-57(55)61(58,53-23-9-3-10-24-53)54-25-11-4-12-26-54/h1-42H. The van der Waals surface area contributed by atoms with E-state index in [1.54, 1.807) is 0 Å². The molecule has 0 amide bonds. The third kappa shape index (κ3) is 6.35. The molecule has 0 bridgehead atoms. The summed E-state index contributed by atoms with van der Waals surface area (Å²) in [6.07, 6.45) is 0. The van der Waals surface area contributed by atoms with E-state index in [0.717, 1.165) is 22.7 Å². The van der Waals surface area contributed by atoms with E-state index in [1.165, 1.54) is 65.1 Å². The number of fused-ring (bicyclic) bond motifs is 3. The van der Waals surface area contributed by atoms with Crippen LogP contribution in [-0.2, 0) is 0 Å². The van der Waals surface area contributed by atoms with Gasteiger partial charge in [0.1, 0.15) is 0 Å². The van der Waals surface area contributed by atoms with E-state index in [1.807, 2.05) is 0 Å². The van der Waals surface area contributed by atoms with Gasteiger partial charge in [-0.05, 0) is 114 Å². The summed E-state index contributed by atoms with van der Waals surface area (Å²) in [7, 11) is -2.84. The van der Waals surface area contributed by atoms with Crippen molar-refractivity contribution in [1.29, 1.82) is 0 Å². The van der Waals surface area contributed by atoms with Crippen molar-refractivity contribution in [3.63, 3.8) is 0 Å². The van der Waals surface area contributed by atoms with Crippen LogP contribution >= 0.6 is 0 Å². The van der Waals surface area contributed by atoms with Crippen molar-refractivity contribution in [3.05, 3.63) is 255 Å². The zero-order chi connectivity index (χ0) is 40.6. The van der Waals surface area contributed by atoms with Gasteiger partial charge in [-0.25, -0.2) is 0 Å². The highest BCUT2D eigenvalue weighted by molar-refractivity contribution is 7.21. The molecule has 0 aromatic heterocycles. The molecule has 0 saturated carbocycles. The molecular formula is C58H42N2Si. The maximum Gasteiger partial charge on any atom is 0.184 e. The predicted octanol–water partition coefficient (Wildman–Crippen LogP) is 12.8. The van der Waals surface area contributed by atoms with Crippen LogP contribution in [0.25, 0.3) is 33.0 Å². The Bertz CT molecular complexity index is 3070. The second-order valence-electron chi connectivity index (χ2n) is 15.7. The zero-order valence-electron chi connectivity index (χ0n) is 33.6. The molecule has 0 spiro atoms. The topological polar surface area (TPSA) is 6.48 Å². The average molecular weight is 795 g/mol. The molecule has 10 aromatic rings. The first-order valence-electron chi connectivity index (χ1n) is 21.0. The summed E-state index contributed by atoms with van der Waals surface area (Å²) in [6, 6.07) is 93.7. The molecule has 1 heterocycles. The second-order valence-corrected chi connectivity index (χ2v) is 19.5. The fraction of sp³-hybridized carbons (Fsp3) is 0. The molecule has 1 aliphatic rings. The van der Waals surface area contributed by atoms with E-state index in [-0.39, 0.29) is 0 Å². The van der Waals surface area contributed by atoms with Crippen molar-refractivity contribution < 1.29 is 0 Å². The van der Waals surface area contributed by atoms with Gasteiger partial charge >= 0.3 is 0 Å². The number of para-hydroxylation sites is 2. The molecule has 11 rings (SSSR count). The third-order valence-electron chi connectivity index (χ3n) is 12.3. The first-order chi connectivity index (χ1) is 30.3. The molecule has 3 heteroatoms. The van der Waals surface area contributed by atoms with Gasteiger partial charge in [0.05, 0.1) is 0 Å². The maximum absolute atomic E-state index is 2.84. The van der Waals surface area contributed by atoms with Gasteiger partial charge in [0.25, 0.3) is 0 Å². The quantitative estimate of drug-likeness (QED) is 0.141. The van der Waals surface area contributed by atoms with Crippen LogP contribution in [0, 0.1) is 0 Å². The van der Waals surface area contributed by atoms with Crippen molar-refractivity contribution >= 4 is 73.7 Å². The number of benzene rings is 10. The summed E-state index contributed by atoms with van der Waals surface area (Å²) in [4.78, 5) is 4.90. The molecule has 0 atom stereocenters. The van der Waals surface area contributed by atoms with Crippen molar-refractivity contribution in [3.8, 4) is 22.3 Å². The van der Waals surface area contributed by atoms with E-state index in [2.05, 4.69) is 265 Å². The highest BCUT2D eigenvalue weighted by Crippen LogP contribution is 2.43. The third-order valence-corrected chi connectivity index (χ3v) is 17.2. The van der Waals surface area contributed by atoms with Gasteiger partial charge in [-0.1, -0.05) is 194 Å². The van der Waals surface area contributed by atoms with Gasteiger partial charge < -0.3 is 9.80 Å². The Morgan fingerprint density at radius 1 is 0.295 bits per heavy atom. The lowest BCUT2D eigenvalue weighted by Gasteiger charge is -2.45. The monoisotopic (exact) mass is 794 g/mol. The molecule has 10 aromatic carbocycles. The van der Waals surface area contributed by atoms with E-state index in [9.17, 15) is 0 Å². The van der Waals surface area contributed by atoms with Gasteiger partial charge in [0, 0.05) is 34.1 Å². The van der Waals surface area contributed by atoms with Crippen molar-refractivity contribution in [1.82, 2.24) is 0 Å². The molecule has 0 N–H and O–H groups in total. The van der Waals surface area contributed by atoms with Gasteiger partial charge in [0.15, 0.2) is 8.07 Å². The lowest BCUT2D eigenvalue weighted by molar-refractivity contribution is 1.25. The molecular weight excluding hydrogens is 753 g/mol. The van der Waals surface area contributed by atoms with Crippen LogP contribution in [0.5, 0.6) is 0 Å². The fourth-order valence-electron chi connectivity index (χ4n) is 9.49. The maximum atomic E-state index is 2.49. The Labute approximate surface area is 358 Å². The van der Waals surface area contributed by atoms with E-state index in [4.69, 9.17) is 0 Å². The number of rotatable bonds is 8. The SMILES string of the molecule is c1ccc(-c2ccc(N(c3ccc(-c4ccc5ccccc5c4)cc3)c3ccc4c(c3)N(c3ccccc3)c3ccccc3[Si]4(c3ccccc3)c3ccccc3)cc2)cc1. The lowest BCUT2D eigenvalue weighted by atomic mass is 10.0. The lowest BCUT2D eigenvalue weighted by Crippen LogP contribution is -2.77. The number of hydrogen-bond donors (Lipinski definition) is 0. The minimum absolute atomic E-state index is 1.09. The Balaban J connectivity index is 1.13. The highest BCUT2D eigenvalue weighted by atomic mass is 28.3. The van der Waals surface area contributed by atoms with E-state index < -0.39 is 8.07 Å². The van der Waals surface area contributed by atoms with Gasteiger partial charge in [-0.2, -0.15) is 0 Å². The molecule has 0 radical (unpaired) electrons. The predicted molar refractivity (Wildman–Crippen MR) is 261 cm³/mol. The first kappa shape index (κ1) is 36.4. The Kier molecular flexibility index (Phi) is 9.22. The summed E-state index contributed by atoms with van der Waals surface area (Å²) < 4.78 is 0. The smallest absolute Gasteiger partial charge is 0.184 e. The van der Waals surface area contributed by atoms with Crippen LogP contribution in [-0.4, -0.2) is 8.07 Å². The normalized spacial score (nSPS) is 12.7. The summed E-state index contributed by atoms with van der Waals surface area (Å²) in [6.45, 7) is 0. The Hall–Kier alpha value is -7.72. The van der Waals surface area contributed by atoms with E-state index >= 15 is 0 Å². The summed E-state index contributed by atoms with van der Waals surface area (Å²) in [5.41, 5.74) is 11.6. The minimum atomic E-state index is -2.84. The van der Waals surface area contributed by atoms with Crippen LogP contribution in [0.1, 0.15) is 0 Å².